The van der Waals surface area contributed by atoms with E-state index >= 15 is 0 Å². The molecule has 0 heterocycles. The third-order valence-electron chi connectivity index (χ3n) is 1.93. The van der Waals surface area contributed by atoms with Crippen molar-refractivity contribution in [3.05, 3.63) is 28.8 Å². The monoisotopic (exact) mass is 230 g/mol. The van der Waals surface area contributed by atoms with E-state index in [-0.39, 0.29) is 0 Å². The Labute approximate surface area is 91.7 Å². The van der Waals surface area contributed by atoms with Gasteiger partial charge in [0.25, 0.3) is 0 Å². The maximum atomic E-state index is 11.6. The zero-order valence-electron chi connectivity index (χ0n) is 9.20. The summed E-state index contributed by atoms with van der Waals surface area (Å²) in [5.74, 6) is 0. The van der Waals surface area contributed by atoms with Crippen molar-refractivity contribution in [2.45, 2.75) is 25.7 Å². The smallest absolute Gasteiger partial charge is 0.221 e. The minimum absolute atomic E-state index is 0.623. The molecule has 0 radical (unpaired) electrons. The summed E-state index contributed by atoms with van der Waals surface area (Å²) in [6.07, 6.45) is 0. The van der Waals surface area contributed by atoms with Crippen molar-refractivity contribution in [3.8, 4) is 0 Å². The summed E-state index contributed by atoms with van der Waals surface area (Å²) >= 11 is -1.66. The molecule has 0 aromatic heterocycles. The minimum Gasteiger partial charge on any atom is -0.221 e. The van der Waals surface area contributed by atoms with E-state index in [1.807, 2.05) is 32.9 Å². The Hall–Kier alpha value is -0.750. The Morgan fingerprint density at radius 3 is 2.13 bits per heavy atom. The van der Waals surface area contributed by atoms with Gasteiger partial charge < -0.3 is 0 Å². The molecule has 1 rings (SSSR count). The first-order valence-corrected chi connectivity index (χ1v) is 5.51. The highest BCUT2D eigenvalue weighted by Gasteiger charge is 2.13. The van der Waals surface area contributed by atoms with Gasteiger partial charge in [-0.05, 0) is 31.9 Å². The van der Waals surface area contributed by atoms with Crippen LogP contribution in [-0.2, 0) is 25.3 Å². The van der Waals surface area contributed by atoms with E-state index in [1.165, 1.54) is 7.11 Å². The van der Waals surface area contributed by atoms with Gasteiger partial charge in [0.05, 0.1) is 12.0 Å². The highest BCUT2D eigenvalue weighted by atomic mass is 32.2. The number of hydrogen-bond donors (Lipinski definition) is 0. The summed E-state index contributed by atoms with van der Waals surface area (Å²) in [4.78, 5) is 4.84. The van der Waals surface area contributed by atoms with Gasteiger partial charge in [-0.15, -0.1) is 0 Å². The lowest BCUT2D eigenvalue weighted by Crippen LogP contribution is -2.03. The molecular formula is C10H14O4S. The first kappa shape index (κ1) is 12.3. The van der Waals surface area contributed by atoms with E-state index in [0.717, 1.165) is 16.7 Å². The number of hydrogen-bond acceptors (Lipinski definition) is 4. The molecule has 0 saturated carbocycles. The molecule has 4 nitrogen and oxygen atoms in total. The fourth-order valence-corrected chi connectivity index (χ4v) is 2.33. The summed E-state index contributed by atoms with van der Waals surface area (Å²) in [7, 11) is 1.28. The van der Waals surface area contributed by atoms with E-state index in [0.29, 0.717) is 4.90 Å². The average molecular weight is 230 g/mol. The second kappa shape index (κ2) is 5.37. The summed E-state index contributed by atoms with van der Waals surface area (Å²) < 4.78 is 16.2. The summed E-state index contributed by atoms with van der Waals surface area (Å²) in [5.41, 5.74) is 2.94. The highest BCUT2D eigenvalue weighted by molar-refractivity contribution is 7.80. The van der Waals surface area contributed by atoms with Gasteiger partial charge in [-0.3, -0.25) is 0 Å². The molecule has 0 amide bonds. The fraction of sp³-hybridized carbons (Fsp3) is 0.400. The Morgan fingerprint density at radius 1 is 1.13 bits per heavy atom. The van der Waals surface area contributed by atoms with Gasteiger partial charge in [0.15, 0.2) is 0 Å². The predicted molar refractivity (Wildman–Crippen MR) is 56.2 cm³/mol. The van der Waals surface area contributed by atoms with Crippen LogP contribution in [0.5, 0.6) is 0 Å². The van der Waals surface area contributed by atoms with Gasteiger partial charge in [0.2, 0.25) is 11.1 Å². The van der Waals surface area contributed by atoms with Crippen LogP contribution in [0.4, 0.5) is 0 Å². The molecule has 84 valence electrons. The minimum atomic E-state index is -1.66. The molecule has 0 aliphatic heterocycles. The highest BCUT2D eigenvalue weighted by Crippen LogP contribution is 2.20. The lowest BCUT2D eigenvalue weighted by molar-refractivity contribution is -0.450. The molecule has 15 heavy (non-hydrogen) atoms. The zero-order chi connectivity index (χ0) is 11.4. The van der Waals surface area contributed by atoms with Crippen molar-refractivity contribution in [1.29, 1.82) is 0 Å². The molecule has 1 atom stereocenters. The van der Waals surface area contributed by atoms with Crippen LogP contribution in [0.3, 0.4) is 0 Å². The second-order valence-electron chi connectivity index (χ2n) is 3.27. The Balaban J connectivity index is 2.98. The zero-order valence-corrected chi connectivity index (χ0v) is 10.0. The summed E-state index contributed by atoms with van der Waals surface area (Å²) in [6.45, 7) is 5.74. The topological polar surface area (TPSA) is 44.8 Å². The van der Waals surface area contributed by atoms with E-state index in [1.54, 1.807) is 0 Å². The Kier molecular flexibility index (Phi) is 4.41. The van der Waals surface area contributed by atoms with Crippen LogP contribution >= 0.6 is 0 Å². The first-order valence-electron chi connectivity index (χ1n) is 4.43. The SMILES string of the molecule is COOOS(=O)c1c(C)cc(C)cc1C. The third-order valence-corrected chi connectivity index (χ3v) is 3.09. The van der Waals surface area contributed by atoms with Crippen LogP contribution in [0, 0.1) is 20.8 Å². The molecule has 0 spiro atoms. The van der Waals surface area contributed by atoms with Gasteiger partial charge in [-0.25, -0.2) is 9.10 Å². The van der Waals surface area contributed by atoms with Crippen LogP contribution in [0.2, 0.25) is 0 Å². The van der Waals surface area contributed by atoms with Crippen molar-refractivity contribution in [3.63, 3.8) is 0 Å². The Bertz CT molecular complexity index is 353. The van der Waals surface area contributed by atoms with E-state index in [9.17, 15) is 4.21 Å². The first-order chi connectivity index (χ1) is 7.06. The van der Waals surface area contributed by atoms with Crippen LogP contribution in [-0.4, -0.2) is 11.3 Å². The maximum Gasteiger partial charge on any atom is 0.223 e. The van der Waals surface area contributed by atoms with Crippen molar-refractivity contribution < 1.29 is 18.5 Å². The van der Waals surface area contributed by atoms with E-state index in [4.69, 9.17) is 0 Å². The van der Waals surface area contributed by atoms with Crippen LogP contribution < -0.4 is 0 Å². The molecular weight excluding hydrogens is 216 g/mol. The molecule has 1 unspecified atom stereocenters. The molecule has 1 aromatic rings. The van der Waals surface area contributed by atoms with Crippen molar-refractivity contribution in [2.75, 3.05) is 7.11 Å². The van der Waals surface area contributed by atoms with Gasteiger partial charge in [-0.2, -0.15) is 0 Å². The van der Waals surface area contributed by atoms with E-state index in [2.05, 4.69) is 14.3 Å². The number of benzene rings is 1. The fourth-order valence-electron chi connectivity index (χ4n) is 1.52. The molecule has 1 aromatic carbocycles. The van der Waals surface area contributed by atoms with Gasteiger partial charge in [0, 0.05) is 0 Å². The molecule has 0 aliphatic carbocycles. The molecule has 0 saturated heterocycles. The molecule has 5 heteroatoms. The number of aryl methyl sites for hydroxylation is 3. The van der Waals surface area contributed by atoms with Crippen molar-refractivity contribution in [2.24, 2.45) is 0 Å². The largest absolute Gasteiger partial charge is 0.223 e. The van der Waals surface area contributed by atoms with Crippen LogP contribution in [0.15, 0.2) is 17.0 Å². The third kappa shape index (κ3) is 3.10. The van der Waals surface area contributed by atoms with Crippen LogP contribution in [0.1, 0.15) is 16.7 Å². The second-order valence-corrected chi connectivity index (χ2v) is 4.28. The normalized spacial score (nSPS) is 12.8. The predicted octanol–water partition coefficient (Wildman–Crippen LogP) is 2.14. The quantitative estimate of drug-likeness (QED) is 0.587. The molecule has 0 bridgehead atoms. The average Bonchev–Trinajstić information content (AvgIpc) is 2.12. The molecule has 0 aliphatic rings. The summed E-state index contributed by atoms with van der Waals surface area (Å²) in [5, 5.41) is 4.19. The molecule has 0 N–H and O–H groups in total. The maximum absolute atomic E-state index is 11.6. The van der Waals surface area contributed by atoms with Crippen molar-refractivity contribution in [1.82, 2.24) is 0 Å². The standard InChI is InChI=1S/C10H14O4S/c1-7-5-8(2)10(9(3)6-7)15(11)14-13-12-4/h5-6H,1-4H3. The lowest BCUT2D eigenvalue weighted by Gasteiger charge is -2.08. The van der Waals surface area contributed by atoms with Gasteiger partial charge in [-0.1, -0.05) is 27.1 Å². The number of rotatable bonds is 4. The Morgan fingerprint density at radius 2 is 1.67 bits per heavy atom. The molecule has 0 fully saturated rings. The van der Waals surface area contributed by atoms with Crippen LogP contribution in [0.25, 0.3) is 0 Å². The van der Waals surface area contributed by atoms with Gasteiger partial charge >= 0.3 is 0 Å². The lowest BCUT2D eigenvalue weighted by atomic mass is 10.1. The van der Waals surface area contributed by atoms with Crippen molar-refractivity contribution >= 4 is 11.1 Å². The van der Waals surface area contributed by atoms with E-state index < -0.39 is 11.1 Å². The summed E-state index contributed by atoms with van der Waals surface area (Å²) in [6, 6.07) is 3.88. The van der Waals surface area contributed by atoms with Gasteiger partial charge in [0.1, 0.15) is 0 Å².